The van der Waals surface area contributed by atoms with E-state index in [0.29, 0.717) is 11.8 Å². The van der Waals surface area contributed by atoms with E-state index >= 15 is 0 Å². The molecule has 0 spiro atoms. The van der Waals surface area contributed by atoms with Crippen molar-refractivity contribution in [2.45, 2.75) is 105 Å². The van der Waals surface area contributed by atoms with Crippen molar-refractivity contribution >= 4 is 11.6 Å². The Morgan fingerprint density at radius 1 is 1.08 bits per heavy atom. The molecule has 0 saturated heterocycles. The summed E-state index contributed by atoms with van der Waals surface area (Å²) >= 11 is 0. The second-order valence-corrected chi connectivity index (χ2v) is 15.4. The number of oxime groups is 1. The number of rotatable bonds is 1. The van der Waals surface area contributed by atoms with Crippen molar-refractivity contribution in [3.8, 4) is 0 Å². The maximum atomic E-state index is 14.5. The van der Waals surface area contributed by atoms with Crippen LogP contribution in [0, 0.1) is 44.8 Å². The molecule has 0 radical (unpaired) electrons. The maximum absolute atomic E-state index is 14.5. The van der Waals surface area contributed by atoms with Gasteiger partial charge in [-0.15, -0.1) is 0 Å². The highest BCUT2D eigenvalue weighted by atomic mass is 16.5. The summed E-state index contributed by atoms with van der Waals surface area (Å²) in [6, 6.07) is 0. The number of amidine groups is 1. The van der Waals surface area contributed by atoms with E-state index < -0.39 is 5.41 Å². The third-order valence-corrected chi connectivity index (χ3v) is 13.0. The Morgan fingerprint density at radius 2 is 1.78 bits per heavy atom. The topological polar surface area (TPSA) is 102 Å². The second kappa shape index (κ2) is 7.30. The maximum Gasteiger partial charge on any atom is 0.159 e. The predicted octanol–water partition coefficient (Wildman–Crippen LogP) is 6.42. The van der Waals surface area contributed by atoms with Gasteiger partial charge in [0.25, 0.3) is 0 Å². The molecule has 3 saturated carbocycles. The molecule has 1 heterocycles. The lowest BCUT2D eigenvalue weighted by atomic mass is 9.34. The van der Waals surface area contributed by atoms with Crippen LogP contribution < -0.4 is 5.73 Å². The van der Waals surface area contributed by atoms with E-state index in [0.717, 1.165) is 57.1 Å². The first kappa shape index (κ1) is 25.2. The third kappa shape index (κ3) is 2.91. The molecule has 0 aromatic carbocycles. The van der Waals surface area contributed by atoms with Gasteiger partial charge in [0.1, 0.15) is 11.6 Å². The van der Waals surface area contributed by atoms with Crippen LogP contribution in [0.2, 0.25) is 0 Å². The highest BCUT2D eigenvalue weighted by molar-refractivity contribution is 5.97. The van der Waals surface area contributed by atoms with Crippen LogP contribution >= 0.6 is 0 Å². The minimum Gasteiger partial charge on any atom is -0.409 e. The zero-order valence-corrected chi connectivity index (χ0v) is 23.8. The van der Waals surface area contributed by atoms with Crippen molar-refractivity contribution in [1.82, 2.24) is 5.16 Å². The summed E-state index contributed by atoms with van der Waals surface area (Å²) in [7, 11) is 0. The fourth-order valence-corrected chi connectivity index (χ4v) is 10.8. The number of fused-ring (bicyclic) bond motifs is 8. The zero-order valence-electron chi connectivity index (χ0n) is 23.8. The molecule has 7 atom stereocenters. The van der Waals surface area contributed by atoms with Gasteiger partial charge < -0.3 is 15.5 Å². The molecule has 0 unspecified atom stereocenters. The molecule has 5 aliphatic rings. The lowest BCUT2D eigenvalue weighted by molar-refractivity contribution is -0.161. The van der Waals surface area contributed by atoms with Gasteiger partial charge in [0.15, 0.2) is 5.78 Å². The third-order valence-electron chi connectivity index (χ3n) is 13.0. The van der Waals surface area contributed by atoms with Crippen LogP contribution in [0.4, 0.5) is 0 Å². The summed E-state index contributed by atoms with van der Waals surface area (Å²) in [6.45, 7) is 16.5. The van der Waals surface area contributed by atoms with Crippen molar-refractivity contribution in [3.63, 3.8) is 0 Å². The van der Waals surface area contributed by atoms with Crippen LogP contribution in [0.15, 0.2) is 27.5 Å². The van der Waals surface area contributed by atoms with E-state index in [1.807, 2.05) is 6.20 Å². The van der Waals surface area contributed by atoms with Crippen molar-refractivity contribution in [3.05, 3.63) is 29.2 Å². The Kier molecular flexibility index (Phi) is 4.97. The van der Waals surface area contributed by atoms with E-state index in [4.69, 9.17) is 10.3 Å². The van der Waals surface area contributed by atoms with Gasteiger partial charge in [0.05, 0.1) is 6.20 Å². The monoisotopic (exact) mass is 507 g/mol. The van der Waals surface area contributed by atoms with E-state index in [-0.39, 0.29) is 44.7 Å². The number of hydrogen-bond acceptors (Lipinski definition) is 5. The Labute approximate surface area is 221 Å². The van der Waals surface area contributed by atoms with E-state index in [9.17, 15) is 10.0 Å². The Balaban J connectivity index is 1.51. The molecule has 5 aliphatic carbocycles. The van der Waals surface area contributed by atoms with Crippen LogP contribution in [-0.4, -0.2) is 22.0 Å². The fraction of sp³-hybridized carbons (Fsp3) is 0.774. The number of carbonyl (C=O) groups is 1. The Hall–Kier alpha value is -2.11. The first-order chi connectivity index (χ1) is 17.2. The summed E-state index contributed by atoms with van der Waals surface area (Å²) < 4.78 is 5.80. The number of ketones is 1. The molecule has 6 nitrogen and oxygen atoms in total. The van der Waals surface area contributed by atoms with Gasteiger partial charge in [0.2, 0.25) is 0 Å². The molecule has 1 aromatic heterocycles. The van der Waals surface area contributed by atoms with Gasteiger partial charge in [-0.25, -0.2) is 0 Å². The SMILES string of the molecule is CC1(C)CC[C@]2(/C(N)=N/O)CC[C@]3(C)[C@H](C(=O)C=C4[C@@]5(C)Cc6cnoc6C(C)(C)[C@@H]5CC[C@]43C)[C@@H]2C1. The molecule has 1 aromatic rings. The summed E-state index contributed by atoms with van der Waals surface area (Å²) in [5.41, 5.74) is 8.27. The zero-order chi connectivity index (χ0) is 26.8. The average molecular weight is 508 g/mol. The van der Waals surface area contributed by atoms with Gasteiger partial charge >= 0.3 is 0 Å². The number of carbonyl (C=O) groups excluding carboxylic acids is 1. The number of nitrogens with zero attached hydrogens (tertiary/aromatic N) is 2. The number of allylic oxidation sites excluding steroid dienone is 2. The largest absolute Gasteiger partial charge is 0.409 e. The number of hydrogen-bond donors (Lipinski definition) is 2. The van der Waals surface area contributed by atoms with Crippen molar-refractivity contribution in [2.75, 3.05) is 0 Å². The summed E-state index contributed by atoms with van der Waals surface area (Å²) in [5, 5.41) is 17.6. The van der Waals surface area contributed by atoms with Crippen LogP contribution in [0.5, 0.6) is 0 Å². The summed E-state index contributed by atoms with van der Waals surface area (Å²) in [4.78, 5) is 14.5. The fourth-order valence-electron chi connectivity index (χ4n) is 10.8. The molecule has 3 N–H and O–H groups in total. The van der Waals surface area contributed by atoms with Gasteiger partial charge in [-0.2, -0.15) is 0 Å². The average Bonchev–Trinajstić information content (AvgIpc) is 3.28. The second-order valence-electron chi connectivity index (χ2n) is 15.4. The van der Waals surface area contributed by atoms with E-state index in [1.54, 1.807) is 0 Å². The highest BCUT2D eigenvalue weighted by Gasteiger charge is 2.70. The Bertz CT molecular complexity index is 1230. The first-order valence-corrected chi connectivity index (χ1v) is 14.3. The van der Waals surface area contributed by atoms with Crippen LogP contribution in [0.25, 0.3) is 0 Å². The van der Waals surface area contributed by atoms with Gasteiger partial charge in [-0.05, 0) is 90.9 Å². The van der Waals surface area contributed by atoms with Crippen molar-refractivity contribution in [1.29, 1.82) is 0 Å². The molecule has 0 amide bonds. The molecule has 0 aliphatic heterocycles. The van der Waals surface area contributed by atoms with Crippen LogP contribution in [-0.2, 0) is 16.6 Å². The molecular weight excluding hydrogens is 462 g/mol. The lowest BCUT2D eigenvalue weighted by Crippen LogP contribution is -2.66. The molecule has 6 rings (SSSR count). The van der Waals surface area contributed by atoms with Gasteiger partial charge in [-0.3, -0.25) is 4.79 Å². The molecule has 3 fully saturated rings. The molecule has 37 heavy (non-hydrogen) atoms. The molecular formula is C31H45N3O3. The highest BCUT2D eigenvalue weighted by Crippen LogP contribution is 2.74. The Morgan fingerprint density at radius 3 is 2.49 bits per heavy atom. The standard InChI is InChI=1S/C31H45N3O3/c1-26(2)10-12-31(25(32)34-36)13-11-30(7)23(19(31)16-26)20(35)14-22-28(5)15-18-17-33-37-24(18)27(3,4)21(28)8-9-29(22,30)6/h14,17,19,21,23,36H,8-13,15-16H2,1-7H3,(H2,32,34)/t19-,21-,23-,28-,29+,30+,31-/m0/s1. The molecule has 202 valence electrons. The van der Waals surface area contributed by atoms with Crippen LogP contribution in [0.1, 0.15) is 105 Å². The minimum atomic E-state index is -0.392. The molecule has 6 heteroatoms. The number of aromatic nitrogens is 1. The van der Waals surface area contributed by atoms with Crippen molar-refractivity contribution < 1.29 is 14.5 Å². The molecule has 0 bridgehead atoms. The summed E-state index contributed by atoms with van der Waals surface area (Å²) in [5.74, 6) is 2.00. The normalized spacial score (nSPS) is 46.0. The quantitative estimate of drug-likeness (QED) is 0.198. The van der Waals surface area contributed by atoms with Gasteiger partial charge in [-0.1, -0.05) is 64.4 Å². The number of nitrogens with two attached hydrogens (primary N) is 1. The van der Waals surface area contributed by atoms with Gasteiger partial charge in [0, 0.05) is 22.3 Å². The van der Waals surface area contributed by atoms with E-state index in [2.05, 4.69) is 64.9 Å². The van der Waals surface area contributed by atoms with Crippen molar-refractivity contribution in [2.24, 2.45) is 55.7 Å². The predicted molar refractivity (Wildman–Crippen MR) is 143 cm³/mol. The van der Waals surface area contributed by atoms with Crippen LogP contribution in [0.3, 0.4) is 0 Å². The summed E-state index contributed by atoms with van der Waals surface area (Å²) in [6.07, 6.45) is 11.7. The smallest absolute Gasteiger partial charge is 0.159 e. The van der Waals surface area contributed by atoms with E-state index in [1.165, 1.54) is 11.1 Å². The first-order valence-electron chi connectivity index (χ1n) is 14.3. The minimum absolute atomic E-state index is 0.0829. The lowest BCUT2D eigenvalue weighted by Gasteiger charge is -2.69.